The van der Waals surface area contributed by atoms with Gasteiger partial charge in [0.15, 0.2) is 0 Å². The number of alkyl carbamates (subject to hydrolysis) is 1. The van der Waals surface area contributed by atoms with Gasteiger partial charge in [0.1, 0.15) is 5.60 Å². The molecule has 0 aliphatic rings. The molecule has 1 unspecified atom stereocenters. The van der Waals surface area contributed by atoms with Gasteiger partial charge in [-0.3, -0.25) is 0 Å². The molecule has 0 aliphatic carbocycles. The number of carbonyl (C=O) groups excluding carboxylic acids is 1. The Hall–Kier alpha value is -1.28. The van der Waals surface area contributed by atoms with Gasteiger partial charge in [0.05, 0.1) is 18.2 Å². The van der Waals surface area contributed by atoms with Gasteiger partial charge in [0.25, 0.3) is 0 Å². The lowest BCUT2D eigenvalue weighted by Gasteiger charge is -2.23. The molecule has 2 N–H and O–H groups in total. The van der Waals surface area contributed by atoms with Crippen LogP contribution in [-0.2, 0) is 10.9 Å². The molecule has 1 aromatic carbocycles. The first-order valence-corrected chi connectivity index (χ1v) is 7.20. The molecule has 22 heavy (non-hydrogen) atoms. The number of nitrogens with one attached hydrogen (secondary N) is 1. The number of carbonyl (C=O) groups is 1. The van der Waals surface area contributed by atoms with E-state index in [2.05, 4.69) is 21.2 Å². The van der Waals surface area contributed by atoms with Crippen LogP contribution in [0.2, 0.25) is 0 Å². The van der Waals surface area contributed by atoms with Crippen LogP contribution < -0.4 is 5.32 Å². The molecule has 1 aromatic rings. The van der Waals surface area contributed by atoms with Gasteiger partial charge >= 0.3 is 12.3 Å². The van der Waals surface area contributed by atoms with Crippen molar-refractivity contribution >= 4 is 22.0 Å². The van der Waals surface area contributed by atoms with E-state index in [9.17, 15) is 23.1 Å². The van der Waals surface area contributed by atoms with E-state index in [0.717, 1.165) is 12.1 Å². The molecule has 1 amide bonds. The summed E-state index contributed by atoms with van der Waals surface area (Å²) in [5.74, 6) is 0. The van der Waals surface area contributed by atoms with Gasteiger partial charge in [-0.05, 0) is 38.5 Å². The maximum absolute atomic E-state index is 12.6. The summed E-state index contributed by atoms with van der Waals surface area (Å²) in [6.45, 7) is 4.54. The average Bonchev–Trinajstić information content (AvgIpc) is 2.33. The Balaban J connectivity index is 2.94. The Kier molecular flexibility index (Phi) is 5.86. The number of amides is 1. The minimum Gasteiger partial charge on any atom is -0.444 e. The fourth-order valence-corrected chi connectivity index (χ4v) is 2.31. The summed E-state index contributed by atoms with van der Waals surface area (Å²) < 4.78 is 43.0. The van der Waals surface area contributed by atoms with Crippen molar-refractivity contribution in [3.8, 4) is 0 Å². The fourth-order valence-electron chi connectivity index (χ4n) is 1.66. The van der Waals surface area contributed by atoms with Gasteiger partial charge in [-0.15, -0.1) is 0 Å². The van der Waals surface area contributed by atoms with E-state index in [1.165, 1.54) is 6.07 Å². The second kappa shape index (κ2) is 6.87. The van der Waals surface area contributed by atoms with E-state index >= 15 is 0 Å². The monoisotopic (exact) mass is 383 g/mol. The maximum Gasteiger partial charge on any atom is 0.416 e. The second-order valence-electron chi connectivity index (χ2n) is 5.62. The van der Waals surface area contributed by atoms with Crippen LogP contribution in [0.1, 0.15) is 37.9 Å². The zero-order valence-corrected chi connectivity index (χ0v) is 13.9. The number of ether oxygens (including phenoxy) is 1. The Labute approximate surface area is 134 Å². The molecule has 8 heteroatoms. The van der Waals surface area contributed by atoms with Crippen LogP contribution in [0, 0.1) is 0 Å². The number of hydrogen-bond acceptors (Lipinski definition) is 3. The first-order chi connectivity index (χ1) is 9.94. The Bertz CT molecular complexity index is 541. The Morgan fingerprint density at radius 1 is 1.36 bits per heavy atom. The van der Waals surface area contributed by atoms with E-state index in [4.69, 9.17) is 4.74 Å². The molecule has 0 radical (unpaired) electrons. The van der Waals surface area contributed by atoms with E-state index in [-0.39, 0.29) is 4.47 Å². The van der Waals surface area contributed by atoms with Crippen molar-refractivity contribution in [2.24, 2.45) is 0 Å². The molecule has 1 rings (SSSR count). The number of aliphatic hydroxyl groups excluding tert-OH is 1. The largest absolute Gasteiger partial charge is 0.444 e. The third-order valence-electron chi connectivity index (χ3n) is 2.58. The normalized spacial score (nSPS) is 13.6. The summed E-state index contributed by atoms with van der Waals surface area (Å²) >= 11 is 3.03. The molecule has 0 heterocycles. The van der Waals surface area contributed by atoms with Crippen LogP contribution in [-0.4, -0.2) is 23.4 Å². The molecule has 0 aliphatic heterocycles. The van der Waals surface area contributed by atoms with E-state index in [0.29, 0.717) is 5.56 Å². The van der Waals surface area contributed by atoms with Crippen LogP contribution >= 0.6 is 15.9 Å². The van der Waals surface area contributed by atoms with Gasteiger partial charge in [-0.2, -0.15) is 13.2 Å². The summed E-state index contributed by atoms with van der Waals surface area (Å²) in [6.07, 6.45) is -5.23. The standard InChI is InChI=1S/C14H17BrF3NO3/c1-13(2,3)22-12(21)19-11(7-20)9-5-4-8(6-10(9)15)14(16,17)18/h4-6,11,20H,7H2,1-3H3,(H,19,21). The van der Waals surface area contributed by atoms with E-state index in [1.807, 2.05) is 0 Å². The predicted molar refractivity (Wildman–Crippen MR) is 78.3 cm³/mol. The number of benzene rings is 1. The van der Waals surface area contributed by atoms with Crippen molar-refractivity contribution in [1.29, 1.82) is 0 Å². The third kappa shape index (κ3) is 5.49. The number of halogens is 4. The van der Waals surface area contributed by atoms with Crippen molar-refractivity contribution in [2.75, 3.05) is 6.61 Å². The van der Waals surface area contributed by atoms with Crippen molar-refractivity contribution in [2.45, 2.75) is 38.6 Å². The minimum atomic E-state index is -4.46. The molecule has 124 valence electrons. The maximum atomic E-state index is 12.6. The van der Waals surface area contributed by atoms with Gasteiger partial charge < -0.3 is 15.2 Å². The Morgan fingerprint density at radius 3 is 2.36 bits per heavy atom. The lowest BCUT2D eigenvalue weighted by atomic mass is 10.1. The quantitative estimate of drug-likeness (QED) is 0.828. The van der Waals surface area contributed by atoms with Crippen LogP contribution in [0.3, 0.4) is 0 Å². The summed E-state index contributed by atoms with van der Waals surface area (Å²) in [7, 11) is 0. The van der Waals surface area contributed by atoms with Gasteiger partial charge in [-0.25, -0.2) is 4.79 Å². The summed E-state index contributed by atoms with van der Waals surface area (Å²) in [5.41, 5.74) is -1.22. The zero-order chi connectivity index (χ0) is 17.1. The molecule has 4 nitrogen and oxygen atoms in total. The molecular weight excluding hydrogens is 367 g/mol. The highest BCUT2D eigenvalue weighted by molar-refractivity contribution is 9.10. The number of alkyl halides is 3. The topological polar surface area (TPSA) is 58.6 Å². The summed E-state index contributed by atoms with van der Waals surface area (Å²) in [5, 5.41) is 11.8. The molecule has 0 saturated carbocycles. The molecule has 0 saturated heterocycles. The smallest absolute Gasteiger partial charge is 0.416 e. The lowest BCUT2D eigenvalue weighted by Crippen LogP contribution is -2.36. The van der Waals surface area contributed by atoms with Crippen molar-refractivity contribution in [3.05, 3.63) is 33.8 Å². The highest BCUT2D eigenvalue weighted by Gasteiger charge is 2.31. The second-order valence-corrected chi connectivity index (χ2v) is 6.47. The van der Waals surface area contributed by atoms with Crippen LogP contribution in [0.5, 0.6) is 0 Å². The predicted octanol–water partition coefficient (Wildman–Crippen LogP) is 4.03. The number of hydrogen-bond donors (Lipinski definition) is 2. The van der Waals surface area contributed by atoms with Gasteiger partial charge in [0.2, 0.25) is 0 Å². The third-order valence-corrected chi connectivity index (χ3v) is 3.26. The fraction of sp³-hybridized carbons (Fsp3) is 0.500. The highest BCUT2D eigenvalue weighted by Crippen LogP contribution is 2.33. The summed E-state index contributed by atoms with van der Waals surface area (Å²) in [6, 6.07) is 2.10. The SMILES string of the molecule is CC(C)(C)OC(=O)NC(CO)c1ccc(C(F)(F)F)cc1Br. The molecule has 1 atom stereocenters. The van der Waals surface area contributed by atoms with Crippen LogP contribution in [0.15, 0.2) is 22.7 Å². The highest BCUT2D eigenvalue weighted by atomic mass is 79.9. The number of aliphatic hydroxyl groups is 1. The van der Waals surface area contributed by atoms with Crippen molar-refractivity contribution in [3.63, 3.8) is 0 Å². The zero-order valence-electron chi connectivity index (χ0n) is 12.3. The average molecular weight is 384 g/mol. The van der Waals surface area contributed by atoms with Gasteiger partial charge in [0, 0.05) is 4.47 Å². The molecule has 0 aromatic heterocycles. The summed E-state index contributed by atoms with van der Waals surface area (Å²) in [4.78, 5) is 11.7. The lowest BCUT2D eigenvalue weighted by molar-refractivity contribution is -0.137. The minimum absolute atomic E-state index is 0.137. The van der Waals surface area contributed by atoms with E-state index in [1.54, 1.807) is 20.8 Å². The van der Waals surface area contributed by atoms with Crippen LogP contribution in [0.4, 0.5) is 18.0 Å². The van der Waals surface area contributed by atoms with Crippen molar-refractivity contribution in [1.82, 2.24) is 5.32 Å². The van der Waals surface area contributed by atoms with Crippen molar-refractivity contribution < 1.29 is 27.8 Å². The first-order valence-electron chi connectivity index (χ1n) is 6.41. The Morgan fingerprint density at radius 2 is 1.95 bits per heavy atom. The van der Waals surface area contributed by atoms with E-state index < -0.39 is 36.1 Å². The molecule has 0 spiro atoms. The first kappa shape index (κ1) is 18.8. The molecule has 0 bridgehead atoms. The molecule has 0 fully saturated rings. The van der Waals surface area contributed by atoms with Crippen LogP contribution in [0.25, 0.3) is 0 Å². The molecular formula is C14H17BrF3NO3. The number of rotatable bonds is 3. The van der Waals surface area contributed by atoms with Gasteiger partial charge in [-0.1, -0.05) is 22.0 Å².